The van der Waals surface area contributed by atoms with E-state index in [1.165, 1.54) is 48.7 Å². The normalized spacial score (nSPS) is 12.2. The summed E-state index contributed by atoms with van der Waals surface area (Å²) in [6.07, 6.45) is 0. The lowest BCUT2D eigenvalue weighted by atomic mass is 9.98. The van der Waals surface area contributed by atoms with Gasteiger partial charge in [-0.15, -0.1) is 0 Å². The number of benzene rings is 8. The van der Waals surface area contributed by atoms with Crippen molar-refractivity contribution in [3.8, 4) is 11.4 Å². The first-order chi connectivity index (χ1) is 24.2. The zero-order chi connectivity index (χ0) is 32.2. The van der Waals surface area contributed by atoms with Gasteiger partial charge in [0.1, 0.15) is 17.0 Å². The lowest BCUT2D eigenvalue weighted by Crippen LogP contribution is -1.91. The predicted molar refractivity (Wildman–Crippen MR) is 206 cm³/mol. The lowest BCUT2D eigenvalue weighted by molar-refractivity contribution is 0.670. The van der Waals surface area contributed by atoms with E-state index in [4.69, 9.17) is 9.40 Å². The van der Waals surface area contributed by atoms with Crippen LogP contribution in [0.2, 0.25) is 0 Å². The van der Waals surface area contributed by atoms with Gasteiger partial charge in [-0.1, -0.05) is 127 Å². The first-order valence-corrected chi connectivity index (χ1v) is 16.8. The Balaban J connectivity index is 1.33. The summed E-state index contributed by atoms with van der Waals surface area (Å²) in [5, 5.41) is 14.2. The van der Waals surface area contributed by atoms with Crippen LogP contribution in [0.1, 0.15) is 5.56 Å². The Kier molecular flexibility index (Phi) is 5.31. The molecule has 0 radical (unpaired) electrons. The van der Waals surface area contributed by atoms with Crippen LogP contribution >= 0.6 is 0 Å². The average Bonchev–Trinajstić information content (AvgIpc) is 3.73. The van der Waals surface area contributed by atoms with Gasteiger partial charge in [0.05, 0.1) is 22.1 Å². The Morgan fingerprint density at radius 1 is 0.469 bits per heavy atom. The SMILES string of the molecule is Cc1ccc2ccc3cc4c(cc3c2c1)oc1c(-c2nc3cccc5c6ccccc6c6ccccc6c6ccccc6n2c35)cccc14. The predicted octanol–water partition coefficient (Wildman–Crippen LogP) is 12.7. The fourth-order valence-electron chi connectivity index (χ4n) is 8.20. The molecule has 49 heavy (non-hydrogen) atoms. The average molecular weight is 625 g/mol. The Morgan fingerprint density at radius 3 is 1.90 bits per heavy atom. The molecule has 0 atom stereocenters. The smallest absolute Gasteiger partial charge is 0.149 e. The van der Waals surface area contributed by atoms with Gasteiger partial charge in [0.25, 0.3) is 0 Å². The molecule has 11 aromatic rings. The van der Waals surface area contributed by atoms with Crippen molar-refractivity contribution in [3.63, 3.8) is 0 Å². The van der Waals surface area contributed by atoms with E-state index in [1.54, 1.807) is 0 Å². The fourth-order valence-corrected chi connectivity index (χ4v) is 8.20. The first-order valence-electron chi connectivity index (χ1n) is 16.8. The van der Waals surface area contributed by atoms with E-state index in [2.05, 4.69) is 163 Å². The van der Waals surface area contributed by atoms with Crippen LogP contribution in [0.4, 0.5) is 0 Å². The van der Waals surface area contributed by atoms with Crippen molar-refractivity contribution < 1.29 is 4.42 Å². The van der Waals surface area contributed by atoms with Crippen LogP contribution in [-0.4, -0.2) is 9.38 Å². The summed E-state index contributed by atoms with van der Waals surface area (Å²) in [5.74, 6) is 0.863. The molecule has 3 heteroatoms. The van der Waals surface area contributed by atoms with E-state index in [0.29, 0.717) is 0 Å². The second kappa shape index (κ2) is 9.79. The van der Waals surface area contributed by atoms with E-state index in [1.807, 2.05) is 0 Å². The number of hydrogen-bond acceptors (Lipinski definition) is 2. The Morgan fingerprint density at radius 2 is 1.08 bits per heavy atom. The molecule has 0 amide bonds. The van der Waals surface area contributed by atoms with Gasteiger partial charge < -0.3 is 4.42 Å². The molecule has 0 fully saturated rings. The van der Waals surface area contributed by atoms with Crippen LogP contribution in [0.3, 0.4) is 0 Å². The fraction of sp³-hybridized carbons (Fsp3) is 0.0217. The van der Waals surface area contributed by atoms with Gasteiger partial charge in [0, 0.05) is 21.5 Å². The van der Waals surface area contributed by atoms with Crippen molar-refractivity contribution in [1.29, 1.82) is 0 Å². The van der Waals surface area contributed by atoms with Crippen LogP contribution in [0, 0.1) is 6.92 Å². The second-order valence-electron chi connectivity index (χ2n) is 13.2. The number of aryl methyl sites for hydroxylation is 1. The van der Waals surface area contributed by atoms with E-state index < -0.39 is 0 Å². The van der Waals surface area contributed by atoms with Gasteiger partial charge in [-0.25, -0.2) is 4.98 Å². The molecule has 0 spiro atoms. The van der Waals surface area contributed by atoms with Gasteiger partial charge >= 0.3 is 0 Å². The van der Waals surface area contributed by atoms with Crippen molar-refractivity contribution in [2.75, 3.05) is 0 Å². The van der Waals surface area contributed by atoms with Crippen molar-refractivity contribution in [1.82, 2.24) is 9.38 Å². The Bertz CT molecular complexity index is 3240. The largest absolute Gasteiger partial charge is 0.455 e. The summed E-state index contributed by atoms with van der Waals surface area (Å²) in [6.45, 7) is 2.15. The molecule has 8 aromatic carbocycles. The zero-order valence-corrected chi connectivity index (χ0v) is 26.7. The first kappa shape index (κ1) is 26.6. The summed E-state index contributed by atoms with van der Waals surface area (Å²) >= 11 is 0. The highest BCUT2D eigenvalue weighted by atomic mass is 16.3. The number of nitrogens with zero attached hydrogens (tertiary/aromatic N) is 2. The molecule has 0 aliphatic rings. The maximum Gasteiger partial charge on any atom is 0.149 e. The van der Waals surface area contributed by atoms with Crippen LogP contribution in [-0.2, 0) is 0 Å². The van der Waals surface area contributed by atoms with E-state index in [0.717, 1.165) is 60.6 Å². The molecular formula is C46H28N2O. The third kappa shape index (κ3) is 3.70. The number of imidazole rings is 1. The Hall–Kier alpha value is -6.45. The number of fused-ring (bicyclic) bond motifs is 13. The topological polar surface area (TPSA) is 30.4 Å². The summed E-state index contributed by atoms with van der Waals surface area (Å²) in [4.78, 5) is 5.43. The highest BCUT2D eigenvalue weighted by Gasteiger charge is 2.20. The van der Waals surface area contributed by atoms with E-state index >= 15 is 0 Å². The number of rotatable bonds is 1. The van der Waals surface area contributed by atoms with Crippen molar-refractivity contribution in [2.24, 2.45) is 0 Å². The molecule has 0 aliphatic heterocycles. The summed E-state index contributed by atoms with van der Waals surface area (Å²) in [6, 6.07) is 54.8. The molecule has 3 heterocycles. The molecule has 0 saturated carbocycles. The third-order valence-corrected chi connectivity index (χ3v) is 10.4. The number of hydrogen-bond donors (Lipinski definition) is 0. The minimum absolute atomic E-state index is 0.847. The number of aromatic nitrogens is 2. The molecule has 0 aliphatic carbocycles. The quantitative estimate of drug-likeness (QED) is 0.170. The minimum Gasteiger partial charge on any atom is -0.455 e. The van der Waals surface area contributed by atoms with Gasteiger partial charge in [0.15, 0.2) is 0 Å². The van der Waals surface area contributed by atoms with E-state index in [9.17, 15) is 0 Å². The highest BCUT2D eigenvalue weighted by molar-refractivity contribution is 6.22. The monoisotopic (exact) mass is 624 g/mol. The standard InChI is InChI=1S/C46H28N2O/c1-27-20-21-28-22-23-29-25-40-36-16-8-17-37(45(36)49-43(40)26-39(29)38(28)24-27)46-47-41-18-9-15-35-33-13-5-3-11-31(33)30-10-2-4-12-32(30)34-14-6-7-19-42(34)48(46)44(35)41/h2-26H,1H3. The van der Waals surface area contributed by atoms with Crippen LogP contribution in [0.25, 0.3) is 104 Å². The maximum absolute atomic E-state index is 6.90. The number of furan rings is 1. The maximum atomic E-state index is 6.90. The van der Waals surface area contributed by atoms with Crippen molar-refractivity contribution >= 4 is 92.4 Å². The molecule has 0 unspecified atom stereocenters. The molecule has 0 bridgehead atoms. The Labute approximate surface area is 280 Å². The van der Waals surface area contributed by atoms with E-state index in [-0.39, 0.29) is 0 Å². The highest BCUT2D eigenvalue weighted by Crippen LogP contribution is 2.41. The van der Waals surface area contributed by atoms with Gasteiger partial charge in [-0.05, 0) is 80.3 Å². The van der Waals surface area contributed by atoms with Crippen LogP contribution in [0.15, 0.2) is 156 Å². The van der Waals surface area contributed by atoms with Gasteiger partial charge in [0.2, 0.25) is 0 Å². The van der Waals surface area contributed by atoms with Gasteiger partial charge in [-0.3, -0.25) is 4.40 Å². The van der Waals surface area contributed by atoms with Crippen molar-refractivity contribution in [2.45, 2.75) is 6.92 Å². The molecular weight excluding hydrogens is 597 g/mol. The molecule has 11 rings (SSSR count). The molecule has 3 aromatic heterocycles. The minimum atomic E-state index is 0.847. The molecule has 228 valence electrons. The second-order valence-corrected chi connectivity index (χ2v) is 13.2. The summed E-state index contributed by atoms with van der Waals surface area (Å²) < 4.78 is 9.27. The zero-order valence-electron chi connectivity index (χ0n) is 26.7. The number of para-hydroxylation sites is 3. The van der Waals surface area contributed by atoms with Crippen LogP contribution in [0.5, 0.6) is 0 Å². The molecule has 0 N–H and O–H groups in total. The van der Waals surface area contributed by atoms with Crippen LogP contribution < -0.4 is 0 Å². The third-order valence-electron chi connectivity index (χ3n) is 10.4. The summed E-state index contributed by atoms with van der Waals surface area (Å²) in [7, 11) is 0. The summed E-state index contributed by atoms with van der Waals surface area (Å²) in [5.41, 5.74) is 7.08. The lowest BCUT2D eigenvalue weighted by Gasteiger charge is -2.06. The van der Waals surface area contributed by atoms with Crippen molar-refractivity contribution in [3.05, 3.63) is 157 Å². The van der Waals surface area contributed by atoms with Gasteiger partial charge in [-0.2, -0.15) is 0 Å². The molecule has 3 nitrogen and oxygen atoms in total. The molecule has 0 saturated heterocycles.